The van der Waals surface area contributed by atoms with Crippen molar-refractivity contribution in [2.45, 2.75) is 45.7 Å². The van der Waals surface area contributed by atoms with E-state index in [2.05, 4.69) is 19.2 Å². The van der Waals surface area contributed by atoms with Gasteiger partial charge in [0.2, 0.25) is 0 Å². The second-order valence-corrected chi connectivity index (χ2v) is 5.87. The van der Waals surface area contributed by atoms with E-state index < -0.39 is 17.5 Å². The van der Waals surface area contributed by atoms with Crippen LogP contribution in [0.3, 0.4) is 0 Å². The van der Waals surface area contributed by atoms with Crippen molar-refractivity contribution < 1.29 is 13.2 Å². The van der Waals surface area contributed by atoms with Crippen LogP contribution in [0, 0.1) is 29.3 Å². The molecule has 2 rings (SSSR count). The molecule has 0 amide bonds. The summed E-state index contributed by atoms with van der Waals surface area (Å²) >= 11 is 0. The standard InChI is InChI=1S/C15H20F3N/c1-9-3-10(2)5-12(4-9)19-8-11-6-13(16)15(18)14(17)7-11/h6-7,9-10,12,19H,3-5,8H2,1-2H3. The average Bonchev–Trinajstić information content (AvgIpc) is 2.32. The Hall–Kier alpha value is -1.03. The molecule has 1 nitrogen and oxygen atoms in total. The third-order valence-corrected chi connectivity index (χ3v) is 3.82. The molecule has 0 aliphatic heterocycles. The molecule has 0 radical (unpaired) electrons. The van der Waals surface area contributed by atoms with E-state index in [1.807, 2.05) is 0 Å². The van der Waals surface area contributed by atoms with E-state index in [1.165, 1.54) is 6.42 Å². The summed E-state index contributed by atoms with van der Waals surface area (Å²) in [5.74, 6) is -2.31. The number of rotatable bonds is 3. The Morgan fingerprint density at radius 1 is 1.00 bits per heavy atom. The SMILES string of the molecule is CC1CC(C)CC(NCc2cc(F)c(F)c(F)c2)C1. The Bertz CT molecular complexity index is 414. The molecule has 1 fully saturated rings. The quantitative estimate of drug-likeness (QED) is 0.819. The van der Waals surface area contributed by atoms with Crippen molar-refractivity contribution in [2.24, 2.45) is 11.8 Å². The number of nitrogens with one attached hydrogen (secondary N) is 1. The third-order valence-electron chi connectivity index (χ3n) is 3.82. The first-order valence-corrected chi connectivity index (χ1v) is 6.82. The van der Waals surface area contributed by atoms with Crippen LogP contribution in [-0.4, -0.2) is 6.04 Å². The van der Waals surface area contributed by atoms with Crippen molar-refractivity contribution in [3.63, 3.8) is 0 Å². The van der Waals surface area contributed by atoms with Gasteiger partial charge in [0.1, 0.15) is 0 Å². The maximum atomic E-state index is 13.1. The van der Waals surface area contributed by atoms with Crippen LogP contribution in [0.1, 0.15) is 38.7 Å². The van der Waals surface area contributed by atoms with Gasteiger partial charge in [-0.25, -0.2) is 13.2 Å². The van der Waals surface area contributed by atoms with E-state index >= 15 is 0 Å². The van der Waals surface area contributed by atoms with Crippen molar-refractivity contribution in [1.82, 2.24) is 5.32 Å². The molecule has 0 spiro atoms. The fourth-order valence-electron chi connectivity index (χ4n) is 3.09. The molecule has 2 unspecified atom stereocenters. The molecule has 1 aromatic rings. The summed E-state index contributed by atoms with van der Waals surface area (Å²) in [6.45, 7) is 4.82. The van der Waals surface area contributed by atoms with Crippen molar-refractivity contribution in [2.75, 3.05) is 0 Å². The first-order valence-electron chi connectivity index (χ1n) is 6.82. The molecule has 1 aliphatic rings. The minimum atomic E-state index is -1.40. The predicted molar refractivity (Wildman–Crippen MR) is 69.1 cm³/mol. The second kappa shape index (κ2) is 5.95. The van der Waals surface area contributed by atoms with Gasteiger partial charge in [0.15, 0.2) is 17.5 Å². The highest BCUT2D eigenvalue weighted by Gasteiger charge is 2.23. The Labute approximate surface area is 112 Å². The lowest BCUT2D eigenvalue weighted by Crippen LogP contribution is -2.35. The number of halogens is 3. The fraction of sp³-hybridized carbons (Fsp3) is 0.600. The molecule has 2 atom stereocenters. The van der Waals surface area contributed by atoms with Gasteiger partial charge in [0.05, 0.1) is 0 Å². The summed E-state index contributed by atoms with van der Waals surface area (Å²) < 4.78 is 39.0. The van der Waals surface area contributed by atoms with E-state index in [4.69, 9.17) is 0 Å². The predicted octanol–water partition coefficient (Wildman–Crippen LogP) is 4.02. The van der Waals surface area contributed by atoms with Crippen molar-refractivity contribution in [1.29, 1.82) is 0 Å². The van der Waals surface area contributed by atoms with Gasteiger partial charge in [0, 0.05) is 12.6 Å². The maximum Gasteiger partial charge on any atom is 0.194 e. The first-order chi connectivity index (χ1) is 8.95. The van der Waals surface area contributed by atoms with Crippen LogP contribution in [0.4, 0.5) is 13.2 Å². The van der Waals surface area contributed by atoms with Crippen LogP contribution in [-0.2, 0) is 6.54 Å². The van der Waals surface area contributed by atoms with Gasteiger partial charge in [-0.15, -0.1) is 0 Å². The number of hydrogen-bond donors (Lipinski definition) is 1. The topological polar surface area (TPSA) is 12.0 Å². The summed E-state index contributed by atoms with van der Waals surface area (Å²) in [5, 5.41) is 3.32. The summed E-state index contributed by atoms with van der Waals surface area (Å²) in [4.78, 5) is 0. The molecule has 0 heterocycles. The minimum absolute atomic E-state index is 0.370. The molecular weight excluding hydrogens is 251 g/mol. The Morgan fingerprint density at radius 2 is 1.53 bits per heavy atom. The summed E-state index contributed by atoms with van der Waals surface area (Å²) in [6.07, 6.45) is 3.39. The third kappa shape index (κ3) is 3.72. The van der Waals surface area contributed by atoms with E-state index in [0.29, 0.717) is 30.0 Å². The average molecular weight is 271 g/mol. The van der Waals surface area contributed by atoms with Gasteiger partial charge in [-0.1, -0.05) is 13.8 Å². The second-order valence-electron chi connectivity index (χ2n) is 5.87. The molecule has 1 aliphatic carbocycles. The van der Waals surface area contributed by atoms with Crippen LogP contribution in [0.2, 0.25) is 0 Å². The Kier molecular flexibility index (Phi) is 4.50. The first kappa shape index (κ1) is 14.4. The summed E-state index contributed by atoms with van der Waals surface area (Å²) in [7, 11) is 0. The van der Waals surface area contributed by atoms with E-state index in [1.54, 1.807) is 0 Å². The van der Waals surface area contributed by atoms with Gasteiger partial charge in [0.25, 0.3) is 0 Å². The van der Waals surface area contributed by atoms with Crippen molar-refractivity contribution in [3.05, 3.63) is 35.1 Å². The lowest BCUT2D eigenvalue weighted by Gasteiger charge is -2.32. The zero-order valence-electron chi connectivity index (χ0n) is 11.3. The van der Waals surface area contributed by atoms with Crippen LogP contribution in [0.15, 0.2) is 12.1 Å². The lowest BCUT2D eigenvalue weighted by molar-refractivity contribution is 0.238. The van der Waals surface area contributed by atoms with Gasteiger partial charge in [-0.3, -0.25) is 0 Å². The monoisotopic (exact) mass is 271 g/mol. The maximum absolute atomic E-state index is 13.1. The van der Waals surface area contributed by atoms with Crippen LogP contribution >= 0.6 is 0 Å². The fourth-order valence-corrected chi connectivity index (χ4v) is 3.09. The molecule has 0 bridgehead atoms. The normalized spacial score (nSPS) is 27.5. The zero-order valence-corrected chi connectivity index (χ0v) is 11.3. The van der Waals surface area contributed by atoms with E-state index in [9.17, 15) is 13.2 Å². The highest BCUT2D eigenvalue weighted by Crippen LogP contribution is 2.28. The molecule has 0 aromatic heterocycles. The van der Waals surface area contributed by atoms with Gasteiger partial charge in [-0.05, 0) is 48.8 Å². The molecule has 1 aromatic carbocycles. The molecule has 0 saturated heterocycles. The van der Waals surface area contributed by atoms with Crippen molar-refractivity contribution >= 4 is 0 Å². The van der Waals surface area contributed by atoms with E-state index in [0.717, 1.165) is 25.0 Å². The number of hydrogen-bond acceptors (Lipinski definition) is 1. The van der Waals surface area contributed by atoms with Crippen LogP contribution in [0.25, 0.3) is 0 Å². The summed E-state index contributed by atoms with van der Waals surface area (Å²) in [6, 6.07) is 2.48. The Balaban J connectivity index is 1.95. The van der Waals surface area contributed by atoms with Crippen LogP contribution in [0.5, 0.6) is 0 Å². The van der Waals surface area contributed by atoms with Crippen molar-refractivity contribution in [3.8, 4) is 0 Å². The number of benzene rings is 1. The van der Waals surface area contributed by atoms with Gasteiger partial charge < -0.3 is 5.32 Å². The molecule has 1 saturated carbocycles. The summed E-state index contributed by atoms with van der Waals surface area (Å²) in [5.41, 5.74) is 0.447. The van der Waals surface area contributed by atoms with Gasteiger partial charge in [-0.2, -0.15) is 0 Å². The zero-order chi connectivity index (χ0) is 14.0. The minimum Gasteiger partial charge on any atom is -0.310 e. The molecule has 4 heteroatoms. The molecule has 1 N–H and O–H groups in total. The molecule has 106 valence electrons. The Morgan fingerprint density at radius 3 is 2.05 bits per heavy atom. The lowest BCUT2D eigenvalue weighted by atomic mass is 9.80. The largest absolute Gasteiger partial charge is 0.310 e. The van der Waals surface area contributed by atoms with Gasteiger partial charge >= 0.3 is 0 Å². The highest BCUT2D eigenvalue weighted by atomic mass is 19.2. The van der Waals surface area contributed by atoms with Crippen LogP contribution < -0.4 is 5.32 Å². The molecule has 19 heavy (non-hydrogen) atoms. The molecular formula is C15H20F3N. The van der Waals surface area contributed by atoms with E-state index in [-0.39, 0.29) is 0 Å². The highest BCUT2D eigenvalue weighted by molar-refractivity contribution is 5.19. The smallest absolute Gasteiger partial charge is 0.194 e.